The molecule has 0 bridgehead atoms. The third-order valence-corrected chi connectivity index (χ3v) is 6.23. The summed E-state index contributed by atoms with van der Waals surface area (Å²) in [6.07, 6.45) is 1.67. The number of carbonyl (C=O) groups is 4. The van der Waals surface area contributed by atoms with Gasteiger partial charge < -0.3 is 20.1 Å². The van der Waals surface area contributed by atoms with E-state index in [9.17, 15) is 19.2 Å². The highest BCUT2D eigenvalue weighted by atomic mass is 35.5. The molecule has 39 heavy (non-hydrogen) atoms. The number of esters is 1. The molecule has 1 aliphatic heterocycles. The van der Waals surface area contributed by atoms with E-state index in [0.717, 1.165) is 17.7 Å². The fourth-order valence-corrected chi connectivity index (χ4v) is 3.92. The van der Waals surface area contributed by atoms with Gasteiger partial charge in [0.15, 0.2) is 0 Å². The van der Waals surface area contributed by atoms with E-state index in [4.69, 9.17) is 21.1 Å². The van der Waals surface area contributed by atoms with E-state index in [2.05, 4.69) is 10.6 Å². The van der Waals surface area contributed by atoms with E-state index in [1.807, 2.05) is 6.92 Å². The summed E-state index contributed by atoms with van der Waals surface area (Å²) < 4.78 is 10.3. The van der Waals surface area contributed by atoms with E-state index in [-0.39, 0.29) is 22.3 Å². The number of anilines is 3. The molecule has 9 nitrogen and oxygen atoms in total. The van der Waals surface area contributed by atoms with Crippen molar-refractivity contribution >= 4 is 52.4 Å². The molecule has 4 rings (SSSR count). The molecular weight excluding hydrogens is 522 g/mol. The lowest BCUT2D eigenvalue weighted by molar-refractivity contribution is -0.120. The third-order valence-electron chi connectivity index (χ3n) is 5.88. The van der Waals surface area contributed by atoms with Crippen LogP contribution in [0.1, 0.15) is 40.5 Å². The van der Waals surface area contributed by atoms with Crippen LogP contribution in [0.25, 0.3) is 0 Å². The largest absolute Gasteiger partial charge is 0.497 e. The van der Waals surface area contributed by atoms with Crippen molar-refractivity contribution in [2.24, 2.45) is 0 Å². The molecule has 3 aromatic carbocycles. The molecule has 0 aromatic heterocycles. The normalized spacial score (nSPS) is 12.9. The SMILES string of the molecule is CCCCOC(=O)c1ccc(N2C(=O)C(Cl)=C(Nc3ccc(C(=O)Nc4ccc(OC)cc4)cc3)C2=O)cc1. The lowest BCUT2D eigenvalue weighted by Crippen LogP contribution is -2.32. The van der Waals surface area contributed by atoms with Crippen molar-refractivity contribution in [1.29, 1.82) is 0 Å². The predicted octanol–water partition coefficient (Wildman–Crippen LogP) is 5.34. The van der Waals surface area contributed by atoms with E-state index >= 15 is 0 Å². The number of hydrogen-bond donors (Lipinski definition) is 2. The lowest BCUT2D eigenvalue weighted by atomic mass is 10.2. The number of ether oxygens (including phenoxy) is 2. The Morgan fingerprint density at radius 1 is 0.846 bits per heavy atom. The number of carbonyl (C=O) groups excluding carboxylic acids is 4. The topological polar surface area (TPSA) is 114 Å². The van der Waals surface area contributed by atoms with Gasteiger partial charge in [0.1, 0.15) is 16.5 Å². The number of nitrogens with zero attached hydrogens (tertiary/aromatic N) is 1. The highest BCUT2D eigenvalue weighted by Crippen LogP contribution is 2.30. The number of rotatable bonds is 10. The van der Waals surface area contributed by atoms with Crippen LogP contribution in [0.4, 0.5) is 17.1 Å². The van der Waals surface area contributed by atoms with Gasteiger partial charge in [0, 0.05) is 16.9 Å². The zero-order valence-corrected chi connectivity index (χ0v) is 22.1. The molecule has 3 aromatic rings. The van der Waals surface area contributed by atoms with Crippen LogP contribution in [0, 0.1) is 0 Å². The van der Waals surface area contributed by atoms with Crippen LogP contribution >= 0.6 is 11.6 Å². The van der Waals surface area contributed by atoms with Gasteiger partial charge in [-0.15, -0.1) is 0 Å². The Morgan fingerprint density at radius 3 is 2.08 bits per heavy atom. The fourth-order valence-electron chi connectivity index (χ4n) is 3.71. The highest BCUT2D eigenvalue weighted by molar-refractivity contribution is 6.53. The molecule has 200 valence electrons. The maximum Gasteiger partial charge on any atom is 0.338 e. The van der Waals surface area contributed by atoms with E-state index < -0.39 is 17.8 Å². The van der Waals surface area contributed by atoms with Gasteiger partial charge in [-0.2, -0.15) is 0 Å². The zero-order valence-electron chi connectivity index (χ0n) is 21.3. The maximum atomic E-state index is 13.1. The summed E-state index contributed by atoms with van der Waals surface area (Å²) in [5.41, 5.74) is 1.92. The van der Waals surface area contributed by atoms with Crippen LogP contribution in [0.2, 0.25) is 0 Å². The van der Waals surface area contributed by atoms with Crippen LogP contribution in [-0.2, 0) is 14.3 Å². The Labute approximate surface area is 230 Å². The fraction of sp³-hybridized carbons (Fsp3) is 0.172. The Bertz CT molecular complexity index is 1420. The third kappa shape index (κ3) is 6.27. The molecule has 0 saturated carbocycles. The van der Waals surface area contributed by atoms with Gasteiger partial charge in [0.2, 0.25) is 0 Å². The second kappa shape index (κ2) is 12.3. The molecule has 1 aliphatic rings. The van der Waals surface area contributed by atoms with Crippen LogP contribution in [0.15, 0.2) is 83.5 Å². The molecule has 1 heterocycles. The number of nitrogens with one attached hydrogen (secondary N) is 2. The summed E-state index contributed by atoms with van der Waals surface area (Å²) in [7, 11) is 1.56. The molecule has 10 heteroatoms. The standard InChI is InChI=1S/C29H26ClN3O6/c1-3-4-17-39-29(37)19-7-13-22(14-8-19)33-27(35)24(30)25(28(33)36)31-20-9-5-18(6-10-20)26(34)32-21-11-15-23(38-2)16-12-21/h5-16,31H,3-4,17H2,1-2H3,(H,32,34). The second-order valence-corrected chi connectivity index (χ2v) is 8.93. The van der Waals surface area contributed by atoms with Gasteiger partial charge in [0.25, 0.3) is 17.7 Å². The minimum Gasteiger partial charge on any atom is -0.497 e. The van der Waals surface area contributed by atoms with Crippen LogP contribution in [-0.4, -0.2) is 37.4 Å². The first-order chi connectivity index (χ1) is 18.8. The van der Waals surface area contributed by atoms with Crippen LogP contribution in [0.5, 0.6) is 5.75 Å². The van der Waals surface area contributed by atoms with Crippen molar-refractivity contribution in [1.82, 2.24) is 0 Å². The summed E-state index contributed by atoms with van der Waals surface area (Å²) >= 11 is 6.22. The number of unbranched alkanes of at least 4 members (excludes halogenated alkanes) is 1. The molecule has 3 amide bonds. The number of methoxy groups -OCH3 is 1. The monoisotopic (exact) mass is 547 g/mol. The summed E-state index contributed by atoms with van der Waals surface area (Å²) in [6.45, 7) is 2.32. The first-order valence-corrected chi connectivity index (χ1v) is 12.6. The van der Waals surface area contributed by atoms with Crippen molar-refractivity contribution in [2.75, 3.05) is 29.3 Å². The minimum absolute atomic E-state index is 0.0971. The lowest BCUT2D eigenvalue weighted by Gasteiger charge is -2.15. The summed E-state index contributed by atoms with van der Waals surface area (Å²) in [5.74, 6) is -1.47. The van der Waals surface area contributed by atoms with E-state index in [1.54, 1.807) is 55.6 Å². The van der Waals surface area contributed by atoms with Gasteiger partial charge in [-0.1, -0.05) is 24.9 Å². The number of imide groups is 1. The molecule has 0 unspecified atom stereocenters. The van der Waals surface area contributed by atoms with Gasteiger partial charge in [0.05, 0.1) is 25.0 Å². The molecule has 0 saturated heterocycles. The maximum absolute atomic E-state index is 13.1. The smallest absolute Gasteiger partial charge is 0.338 e. The second-order valence-electron chi connectivity index (χ2n) is 8.56. The van der Waals surface area contributed by atoms with Crippen molar-refractivity contribution in [3.63, 3.8) is 0 Å². The van der Waals surface area contributed by atoms with Crippen LogP contribution < -0.4 is 20.3 Å². The molecule has 0 spiro atoms. The molecule has 0 radical (unpaired) electrons. The molecule has 0 atom stereocenters. The Morgan fingerprint density at radius 2 is 1.46 bits per heavy atom. The average Bonchev–Trinajstić information content (AvgIpc) is 3.16. The number of hydrogen-bond acceptors (Lipinski definition) is 7. The van der Waals surface area contributed by atoms with Gasteiger partial charge in [-0.05, 0) is 79.2 Å². The minimum atomic E-state index is -0.696. The molecule has 2 N–H and O–H groups in total. The van der Waals surface area contributed by atoms with Crippen molar-refractivity contribution in [2.45, 2.75) is 19.8 Å². The van der Waals surface area contributed by atoms with E-state index in [1.165, 1.54) is 24.3 Å². The van der Waals surface area contributed by atoms with Gasteiger partial charge in [-0.25, -0.2) is 9.69 Å². The first-order valence-electron chi connectivity index (χ1n) is 12.2. The van der Waals surface area contributed by atoms with Crippen molar-refractivity contribution < 1.29 is 28.7 Å². The molecule has 0 aliphatic carbocycles. The Hall–Kier alpha value is -4.63. The summed E-state index contributed by atoms with van der Waals surface area (Å²) in [4.78, 5) is 51.5. The predicted molar refractivity (Wildman–Crippen MR) is 148 cm³/mol. The Kier molecular flexibility index (Phi) is 8.63. The number of benzene rings is 3. The average molecular weight is 548 g/mol. The summed E-state index contributed by atoms with van der Waals surface area (Å²) in [5, 5.41) is 5.39. The van der Waals surface area contributed by atoms with E-state index in [0.29, 0.717) is 34.9 Å². The first kappa shape index (κ1) is 27.4. The number of amides is 3. The highest BCUT2D eigenvalue weighted by Gasteiger charge is 2.39. The molecule has 0 fully saturated rings. The van der Waals surface area contributed by atoms with Gasteiger partial charge >= 0.3 is 5.97 Å². The Balaban J connectivity index is 1.40. The van der Waals surface area contributed by atoms with Gasteiger partial charge in [-0.3, -0.25) is 14.4 Å². The number of halogens is 1. The van der Waals surface area contributed by atoms with Crippen molar-refractivity contribution in [3.05, 3.63) is 94.7 Å². The van der Waals surface area contributed by atoms with Crippen molar-refractivity contribution in [3.8, 4) is 5.75 Å². The zero-order chi connectivity index (χ0) is 27.9. The quantitative estimate of drug-likeness (QED) is 0.200. The van der Waals surface area contributed by atoms with Crippen LogP contribution in [0.3, 0.4) is 0 Å². The molecular formula is C29H26ClN3O6. The summed E-state index contributed by atoms with van der Waals surface area (Å²) in [6, 6.07) is 19.2.